The number of rotatable bonds is 3. The molecule has 3 aromatic rings. The van der Waals surface area contributed by atoms with Crippen molar-refractivity contribution in [3.63, 3.8) is 0 Å². The van der Waals surface area contributed by atoms with Crippen LogP contribution in [0.15, 0.2) is 63.5 Å². The third kappa shape index (κ3) is 5.21. The van der Waals surface area contributed by atoms with Gasteiger partial charge in [-0.1, -0.05) is 23.7 Å². The molecule has 0 saturated carbocycles. The number of fused-ring (bicyclic) bond motifs is 2. The summed E-state index contributed by atoms with van der Waals surface area (Å²) in [5.41, 5.74) is 5.48. The molecule has 0 aromatic heterocycles. The minimum Gasteiger partial charge on any atom is -0.330 e. The number of aryl methyl sites for hydroxylation is 1. The third-order valence-corrected chi connectivity index (χ3v) is 8.62. The normalized spacial score (nSPS) is 14.8. The first-order valence-corrected chi connectivity index (χ1v) is 13.5. The third-order valence-electron chi connectivity index (χ3n) is 6.53. The number of anilines is 2. The molecule has 0 radical (unpaired) electrons. The topological polar surface area (TPSA) is 69.7 Å². The van der Waals surface area contributed by atoms with Gasteiger partial charge in [0.15, 0.2) is 0 Å². The standard InChI is InChI=1S/C27H22Br2ClN3O3/c28-22-12-17-9-10-32(15-19(17)13-23(22)29)27(36)26(35)31-21-6-7-24-18(11-21)3-8-25(34)33(24)14-16-1-4-20(30)5-2-16/h1-2,4-7,11-13H,3,8-10,14-15H2,(H,31,35). The number of hydrogen-bond donors (Lipinski definition) is 1. The Morgan fingerprint density at radius 2 is 1.61 bits per heavy atom. The molecule has 2 aliphatic rings. The van der Waals surface area contributed by atoms with Gasteiger partial charge in [0, 0.05) is 44.9 Å². The van der Waals surface area contributed by atoms with Crippen molar-refractivity contribution >= 4 is 72.6 Å². The van der Waals surface area contributed by atoms with E-state index in [0.717, 1.165) is 31.3 Å². The van der Waals surface area contributed by atoms with Crippen LogP contribution >= 0.6 is 43.5 Å². The van der Waals surface area contributed by atoms with E-state index in [1.165, 1.54) is 5.56 Å². The maximum Gasteiger partial charge on any atom is 0.313 e. The number of carbonyl (C=O) groups is 3. The molecular weight excluding hydrogens is 610 g/mol. The van der Waals surface area contributed by atoms with Gasteiger partial charge in [0.2, 0.25) is 5.91 Å². The maximum atomic E-state index is 12.9. The van der Waals surface area contributed by atoms with Crippen molar-refractivity contribution in [3.8, 4) is 0 Å². The van der Waals surface area contributed by atoms with Crippen LogP contribution in [0.1, 0.15) is 28.7 Å². The number of hydrogen-bond acceptors (Lipinski definition) is 3. The van der Waals surface area contributed by atoms with Crippen LogP contribution in [0.4, 0.5) is 11.4 Å². The van der Waals surface area contributed by atoms with Gasteiger partial charge in [0.1, 0.15) is 0 Å². The molecular formula is C27H22Br2ClN3O3. The summed E-state index contributed by atoms with van der Waals surface area (Å²) < 4.78 is 1.89. The lowest BCUT2D eigenvalue weighted by Crippen LogP contribution is -2.42. The Morgan fingerprint density at radius 3 is 2.36 bits per heavy atom. The number of amides is 3. The molecule has 5 rings (SSSR count). The van der Waals surface area contributed by atoms with E-state index in [-0.39, 0.29) is 5.91 Å². The highest BCUT2D eigenvalue weighted by Gasteiger charge is 2.28. The van der Waals surface area contributed by atoms with E-state index in [2.05, 4.69) is 43.2 Å². The van der Waals surface area contributed by atoms with Crippen LogP contribution in [-0.2, 0) is 40.3 Å². The van der Waals surface area contributed by atoms with E-state index in [1.807, 2.05) is 30.3 Å². The fourth-order valence-electron chi connectivity index (χ4n) is 4.63. The molecule has 184 valence electrons. The predicted octanol–water partition coefficient (Wildman–Crippen LogP) is 5.87. The van der Waals surface area contributed by atoms with Crippen LogP contribution in [0.25, 0.3) is 0 Å². The quantitative estimate of drug-likeness (QED) is 0.368. The van der Waals surface area contributed by atoms with Gasteiger partial charge in [-0.15, -0.1) is 0 Å². The average molecular weight is 632 g/mol. The van der Waals surface area contributed by atoms with Crippen LogP contribution in [-0.4, -0.2) is 29.2 Å². The summed E-state index contributed by atoms with van der Waals surface area (Å²) in [7, 11) is 0. The van der Waals surface area contributed by atoms with Gasteiger partial charge in [-0.3, -0.25) is 14.4 Å². The Labute approximate surface area is 230 Å². The second-order valence-corrected chi connectivity index (χ2v) is 11.1. The van der Waals surface area contributed by atoms with Crippen LogP contribution in [0.2, 0.25) is 5.02 Å². The van der Waals surface area contributed by atoms with E-state index in [0.29, 0.717) is 49.6 Å². The van der Waals surface area contributed by atoms with Crippen molar-refractivity contribution in [1.29, 1.82) is 0 Å². The van der Waals surface area contributed by atoms with Crippen LogP contribution < -0.4 is 10.2 Å². The predicted molar refractivity (Wildman–Crippen MR) is 147 cm³/mol. The second-order valence-electron chi connectivity index (χ2n) is 8.92. The molecule has 2 heterocycles. The first-order chi connectivity index (χ1) is 17.3. The highest BCUT2D eigenvalue weighted by molar-refractivity contribution is 9.13. The Bertz CT molecular complexity index is 1380. The molecule has 0 aliphatic carbocycles. The maximum absolute atomic E-state index is 12.9. The first-order valence-electron chi connectivity index (χ1n) is 11.5. The summed E-state index contributed by atoms with van der Waals surface area (Å²) in [4.78, 5) is 41.7. The monoisotopic (exact) mass is 629 g/mol. The lowest BCUT2D eigenvalue weighted by atomic mass is 9.99. The molecule has 1 N–H and O–H groups in total. The molecule has 3 aromatic carbocycles. The first kappa shape index (κ1) is 25.0. The van der Waals surface area contributed by atoms with E-state index in [9.17, 15) is 14.4 Å². The average Bonchev–Trinajstić information content (AvgIpc) is 2.87. The molecule has 2 aliphatic heterocycles. The largest absolute Gasteiger partial charge is 0.330 e. The SMILES string of the molecule is O=C(Nc1ccc2c(c1)CCC(=O)N2Cc1ccc(Cl)cc1)C(=O)N1CCc2cc(Br)c(Br)cc2C1. The lowest BCUT2D eigenvalue weighted by Gasteiger charge is -2.30. The highest BCUT2D eigenvalue weighted by atomic mass is 79.9. The van der Waals surface area contributed by atoms with Crippen molar-refractivity contribution in [2.45, 2.75) is 32.4 Å². The molecule has 0 fully saturated rings. The number of carbonyl (C=O) groups excluding carboxylic acids is 3. The van der Waals surface area contributed by atoms with Crippen molar-refractivity contribution in [2.24, 2.45) is 0 Å². The molecule has 0 atom stereocenters. The minimum absolute atomic E-state index is 0.0495. The zero-order valence-corrected chi connectivity index (χ0v) is 23.1. The zero-order chi connectivity index (χ0) is 25.4. The summed E-state index contributed by atoms with van der Waals surface area (Å²) in [6.45, 7) is 1.31. The van der Waals surface area contributed by atoms with Gasteiger partial charge in [-0.2, -0.15) is 0 Å². The Hall–Kier alpha value is -2.68. The molecule has 0 bridgehead atoms. The zero-order valence-electron chi connectivity index (χ0n) is 19.2. The van der Waals surface area contributed by atoms with Crippen molar-refractivity contribution in [2.75, 3.05) is 16.8 Å². The second kappa shape index (κ2) is 10.4. The summed E-state index contributed by atoms with van der Waals surface area (Å²) in [5, 5.41) is 3.40. The van der Waals surface area contributed by atoms with Crippen LogP contribution in [0, 0.1) is 0 Å². The number of benzene rings is 3. The van der Waals surface area contributed by atoms with E-state index < -0.39 is 11.8 Å². The molecule has 6 nitrogen and oxygen atoms in total. The molecule has 36 heavy (non-hydrogen) atoms. The molecule has 3 amide bonds. The fraction of sp³-hybridized carbons (Fsp3) is 0.222. The summed E-state index contributed by atoms with van der Waals surface area (Å²) in [5.74, 6) is -1.18. The number of halogens is 3. The number of nitrogens with one attached hydrogen (secondary N) is 1. The number of nitrogens with zero attached hydrogens (tertiary/aromatic N) is 2. The van der Waals surface area contributed by atoms with Gasteiger partial charge in [-0.25, -0.2) is 0 Å². The summed E-state index contributed by atoms with van der Waals surface area (Å²) in [6.07, 6.45) is 1.66. The lowest BCUT2D eigenvalue weighted by molar-refractivity contribution is -0.143. The Morgan fingerprint density at radius 1 is 0.889 bits per heavy atom. The molecule has 0 saturated heterocycles. The summed E-state index contributed by atoms with van der Waals surface area (Å²) >= 11 is 13.0. The molecule has 0 spiro atoms. The Kier molecular flexibility index (Phi) is 7.19. The Balaban J connectivity index is 1.28. The van der Waals surface area contributed by atoms with Gasteiger partial charge >= 0.3 is 11.8 Å². The smallest absolute Gasteiger partial charge is 0.313 e. The van der Waals surface area contributed by atoms with E-state index in [4.69, 9.17) is 11.6 Å². The van der Waals surface area contributed by atoms with E-state index in [1.54, 1.807) is 28.0 Å². The van der Waals surface area contributed by atoms with Crippen molar-refractivity contribution in [1.82, 2.24) is 4.90 Å². The summed E-state index contributed by atoms with van der Waals surface area (Å²) in [6, 6.07) is 16.9. The van der Waals surface area contributed by atoms with Crippen LogP contribution in [0.5, 0.6) is 0 Å². The van der Waals surface area contributed by atoms with Gasteiger partial charge in [0.25, 0.3) is 0 Å². The molecule has 0 unspecified atom stereocenters. The fourth-order valence-corrected chi connectivity index (χ4v) is 5.54. The van der Waals surface area contributed by atoms with Gasteiger partial charge < -0.3 is 15.1 Å². The van der Waals surface area contributed by atoms with Gasteiger partial charge in [-0.05, 0) is 109 Å². The van der Waals surface area contributed by atoms with E-state index >= 15 is 0 Å². The molecule has 9 heteroatoms. The highest BCUT2D eigenvalue weighted by Crippen LogP contribution is 2.32. The van der Waals surface area contributed by atoms with Gasteiger partial charge in [0.05, 0.1) is 6.54 Å². The minimum atomic E-state index is -0.667. The van der Waals surface area contributed by atoms with Crippen LogP contribution in [0.3, 0.4) is 0 Å². The van der Waals surface area contributed by atoms with Crippen molar-refractivity contribution < 1.29 is 14.4 Å². The van der Waals surface area contributed by atoms with Crippen molar-refractivity contribution in [3.05, 3.63) is 90.8 Å².